The Morgan fingerprint density at radius 2 is 2.00 bits per heavy atom. The van der Waals surface area contributed by atoms with Gasteiger partial charge in [-0.25, -0.2) is 9.67 Å². The number of benzene rings is 2. The molecule has 5 nitrogen and oxygen atoms in total. The minimum atomic E-state index is 0.822. The molecule has 1 saturated heterocycles. The maximum absolute atomic E-state index is 5.79. The first-order valence-electron chi connectivity index (χ1n) is 9.78. The number of rotatable bonds is 4. The highest BCUT2D eigenvalue weighted by molar-refractivity contribution is 5.85. The Bertz CT molecular complexity index is 1090. The zero-order valence-corrected chi connectivity index (χ0v) is 16.0. The average Bonchev–Trinajstić information content (AvgIpc) is 3.38. The Kier molecular flexibility index (Phi) is 4.35. The average molecular weight is 371 g/mol. The van der Waals surface area contributed by atoms with Gasteiger partial charge in [-0.3, -0.25) is 0 Å². The molecule has 0 saturated carbocycles. The van der Waals surface area contributed by atoms with Gasteiger partial charge >= 0.3 is 0 Å². The van der Waals surface area contributed by atoms with Crippen molar-refractivity contribution in [2.24, 2.45) is 7.05 Å². The summed E-state index contributed by atoms with van der Waals surface area (Å²) in [4.78, 5) is 6.84. The van der Waals surface area contributed by atoms with Crippen molar-refractivity contribution in [3.05, 3.63) is 72.6 Å². The van der Waals surface area contributed by atoms with E-state index in [1.807, 2.05) is 13.1 Å². The molecule has 2 aromatic heterocycles. The number of fused-ring (bicyclic) bond motifs is 1. The smallest absolute Gasteiger partial charge is 0.157 e. The van der Waals surface area contributed by atoms with E-state index in [9.17, 15) is 0 Å². The van der Waals surface area contributed by atoms with Crippen LogP contribution in [0.5, 0.6) is 0 Å². The van der Waals surface area contributed by atoms with Crippen LogP contribution in [0, 0.1) is 6.42 Å². The van der Waals surface area contributed by atoms with Gasteiger partial charge in [0.2, 0.25) is 0 Å². The van der Waals surface area contributed by atoms with Crippen LogP contribution in [0.15, 0.2) is 59.5 Å². The molecule has 1 aliphatic heterocycles. The van der Waals surface area contributed by atoms with Gasteiger partial charge in [0, 0.05) is 48.8 Å². The van der Waals surface area contributed by atoms with Crippen LogP contribution in [0.2, 0.25) is 0 Å². The summed E-state index contributed by atoms with van der Waals surface area (Å²) in [5, 5.41) is 5.30. The molecule has 141 valence electrons. The maximum atomic E-state index is 5.79. The Morgan fingerprint density at radius 1 is 1.11 bits per heavy atom. The number of aryl methyl sites for hydroxylation is 1. The van der Waals surface area contributed by atoms with Gasteiger partial charge in [0.15, 0.2) is 5.82 Å². The maximum Gasteiger partial charge on any atom is 0.157 e. The van der Waals surface area contributed by atoms with Crippen molar-refractivity contribution in [2.45, 2.75) is 19.3 Å². The number of nitrogens with zero attached hydrogens (tertiary/aromatic N) is 4. The number of hydrogen-bond acceptors (Lipinski definition) is 4. The topological polar surface area (TPSA) is 47.1 Å². The lowest BCUT2D eigenvalue weighted by atomic mass is 9.99. The Labute approximate surface area is 164 Å². The van der Waals surface area contributed by atoms with Crippen molar-refractivity contribution in [3.8, 4) is 11.4 Å². The van der Waals surface area contributed by atoms with Gasteiger partial charge in [-0.05, 0) is 55.2 Å². The minimum absolute atomic E-state index is 0.822. The molecule has 0 spiro atoms. The quantitative estimate of drug-likeness (QED) is 0.525. The highest BCUT2D eigenvalue weighted by atomic mass is 16.3. The van der Waals surface area contributed by atoms with Crippen LogP contribution < -0.4 is 4.90 Å². The van der Waals surface area contributed by atoms with E-state index in [1.165, 1.54) is 29.7 Å². The van der Waals surface area contributed by atoms with E-state index in [0.29, 0.717) is 0 Å². The van der Waals surface area contributed by atoms with E-state index in [1.54, 1.807) is 17.3 Å². The number of anilines is 1. The standard InChI is InChI=1S/C23H23N4O/c1-26-23(24-16-25-26)20-14-18-9-12-28-22(18)19(15-20)13-17-5-7-21(8-6-17)27-10-3-2-4-11-27/h3,5-9,12,14-16H,2,4,10-11,13H2,1H3. The lowest BCUT2D eigenvalue weighted by molar-refractivity contribution is 0.612. The summed E-state index contributed by atoms with van der Waals surface area (Å²) in [6.45, 7) is 2.19. The molecule has 1 aliphatic rings. The number of hydrogen-bond donors (Lipinski definition) is 0. The predicted octanol–water partition coefficient (Wildman–Crippen LogP) is 4.62. The predicted molar refractivity (Wildman–Crippen MR) is 111 cm³/mol. The summed E-state index contributed by atoms with van der Waals surface area (Å²) in [5.41, 5.74) is 5.75. The fourth-order valence-corrected chi connectivity index (χ4v) is 4.02. The third-order valence-electron chi connectivity index (χ3n) is 5.48. The molecule has 3 heterocycles. The van der Waals surface area contributed by atoms with Crippen molar-refractivity contribution in [2.75, 3.05) is 18.0 Å². The van der Waals surface area contributed by atoms with Crippen molar-refractivity contribution in [1.82, 2.24) is 14.8 Å². The van der Waals surface area contributed by atoms with Gasteiger partial charge in [0.1, 0.15) is 11.9 Å². The van der Waals surface area contributed by atoms with Crippen LogP contribution in [0.4, 0.5) is 5.69 Å². The first-order chi connectivity index (χ1) is 13.8. The van der Waals surface area contributed by atoms with Crippen LogP contribution >= 0.6 is 0 Å². The molecule has 28 heavy (non-hydrogen) atoms. The highest BCUT2D eigenvalue weighted by Gasteiger charge is 2.14. The summed E-state index contributed by atoms with van der Waals surface area (Å²) in [6, 6.07) is 15.2. The molecule has 0 atom stereocenters. The van der Waals surface area contributed by atoms with Crippen LogP contribution in [0.1, 0.15) is 24.0 Å². The monoisotopic (exact) mass is 371 g/mol. The van der Waals surface area contributed by atoms with Gasteiger partial charge in [-0.15, -0.1) is 0 Å². The summed E-state index contributed by atoms with van der Waals surface area (Å²) < 4.78 is 7.59. The second-order valence-electron chi connectivity index (χ2n) is 7.40. The summed E-state index contributed by atoms with van der Waals surface area (Å²) >= 11 is 0. The van der Waals surface area contributed by atoms with Crippen molar-refractivity contribution < 1.29 is 4.42 Å². The fraction of sp³-hybridized carbons (Fsp3) is 0.261. The molecule has 2 aromatic carbocycles. The Balaban J connectivity index is 1.46. The lowest BCUT2D eigenvalue weighted by Gasteiger charge is -2.28. The molecular weight excluding hydrogens is 348 g/mol. The molecule has 5 rings (SSSR count). The molecule has 4 aromatic rings. The summed E-state index contributed by atoms with van der Waals surface area (Å²) in [5.74, 6) is 0.862. The largest absolute Gasteiger partial charge is 0.464 e. The van der Waals surface area contributed by atoms with Crippen molar-refractivity contribution >= 4 is 16.7 Å². The van der Waals surface area contributed by atoms with E-state index in [4.69, 9.17) is 4.42 Å². The second kappa shape index (κ2) is 7.15. The molecule has 1 radical (unpaired) electrons. The van der Waals surface area contributed by atoms with E-state index < -0.39 is 0 Å². The highest BCUT2D eigenvalue weighted by Crippen LogP contribution is 2.29. The van der Waals surface area contributed by atoms with Crippen LogP contribution in [-0.2, 0) is 13.5 Å². The zero-order valence-electron chi connectivity index (χ0n) is 16.0. The second-order valence-corrected chi connectivity index (χ2v) is 7.40. The molecule has 0 bridgehead atoms. The SMILES string of the molecule is Cn1ncnc1-c1cc(Cc2ccc(N3C[CH]CCC3)cc2)c2occc2c1. The van der Waals surface area contributed by atoms with Gasteiger partial charge < -0.3 is 9.32 Å². The molecule has 0 aliphatic carbocycles. The fourth-order valence-electron chi connectivity index (χ4n) is 4.02. The van der Waals surface area contributed by atoms with E-state index in [2.05, 4.69) is 57.8 Å². The molecular formula is C23H23N4O. The first kappa shape index (κ1) is 17.0. The summed E-state index contributed by atoms with van der Waals surface area (Å²) in [6.07, 6.45) is 9.00. The van der Waals surface area contributed by atoms with Gasteiger partial charge in [0.05, 0.1) is 6.26 Å². The van der Waals surface area contributed by atoms with Gasteiger partial charge in [0.25, 0.3) is 0 Å². The Morgan fingerprint density at radius 3 is 2.75 bits per heavy atom. The third-order valence-corrected chi connectivity index (χ3v) is 5.48. The van der Waals surface area contributed by atoms with Crippen LogP contribution in [-0.4, -0.2) is 27.9 Å². The number of furan rings is 1. The van der Waals surface area contributed by atoms with E-state index >= 15 is 0 Å². The van der Waals surface area contributed by atoms with E-state index in [0.717, 1.165) is 41.9 Å². The normalized spacial score (nSPS) is 14.7. The Hall–Kier alpha value is -3.08. The van der Waals surface area contributed by atoms with Crippen molar-refractivity contribution in [3.63, 3.8) is 0 Å². The van der Waals surface area contributed by atoms with Crippen LogP contribution in [0.25, 0.3) is 22.4 Å². The molecule has 0 unspecified atom stereocenters. The molecule has 0 amide bonds. The van der Waals surface area contributed by atoms with Gasteiger partial charge in [-0.2, -0.15) is 5.10 Å². The van der Waals surface area contributed by atoms with Gasteiger partial charge in [-0.1, -0.05) is 12.1 Å². The third kappa shape index (κ3) is 3.17. The molecule has 0 N–H and O–H groups in total. The molecule has 5 heteroatoms. The summed E-state index contributed by atoms with van der Waals surface area (Å²) in [7, 11) is 1.92. The number of aromatic nitrogens is 3. The number of piperidine rings is 1. The zero-order chi connectivity index (χ0) is 18.9. The van der Waals surface area contributed by atoms with Crippen molar-refractivity contribution in [1.29, 1.82) is 0 Å². The van der Waals surface area contributed by atoms with E-state index in [-0.39, 0.29) is 0 Å². The lowest BCUT2D eigenvalue weighted by Crippen LogP contribution is -2.29. The van der Waals surface area contributed by atoms with Crippen LogP contribution in [0.3, 0.4) is 0 Å². The molecule has 1 fully saturated rings. The minimum Gasteiger partial charge on any atom is -0.464 e. The first-order valence-corrected chi connectivity index (χ1v) is 9.78.